The summed E-state index contributed by atoms with van der Waals surface area (Å²) in [5.74, 6) is 0.716. The van der Waals surface area contributed by atoms with Gasteiger partial charge in [-0.3, -0.25) is 0 Å². The van der Waals surface area contributed by atoms with Crippen LogP contribution in [0.3, 0.4) is 0 Å². The lowest BCUT2D eigenvalue weighted by Crippen LogP contribution is -2.45. The Hall–Kier alpha value is -1.82. The predicted molar refractivity (Wildman–Crippen MR) is 81.1 cm³/mol. The highest BCUT2D eigenvalue weighted by Gasteiger charge is 2.24. The highest BCUT2D eigenvalue weighted by molar-refractivity contribution is 5.92. The third kappa shape index (κ3) is 3.44. The Morgan fingerprint density at radius 2 is 2.14 bits per heavy atom. The summed E-state index contributed by atoms with van der Waals surface area (Å²) < 4.78 is 9.96. The highest BCUT2D eigenvalue weighted by atomic mass is 16.5. The molecule has 2 rings (SSSR count). The summed E-state index contributed by atoms with van der Waals surface area (Å²) in [6.07, 6.45) is 2.33. The molecule has 0 aromatic carbocycles. The second kappa shape index (κ2) is 6.76. The van der Waals surface area contributed by atoms with Crippen molar-refractivity contribution in [3.05, 3.63) is 17.7 Å². The Kier molecular flexibility index (Phi) is 5.01. The van der Waals surface area contributed by atoms with E-state index in [1.165, 1.54) is 20.6 Å². The second-order valence-corrected chi connectivity index (χ2v) is 5.42. The normalized spacial score (nSPS) is 18.7. The minimum atomic E-state index is -0.435. The van der Waals surface area contributed by atoms with Gasteiger partial charge in [-0.15, -0.1) is 0 Å². The van der Waals surface area contributed by atoms with Crippen LogP contribution in [0.5, 0.6) is 5.88 Å². The molecule has 0 spiro atoms. The Bertz CT molecular complexity index is 505. The molecule has 6 nitrogen and oxygen atoms in total. The fourth-order valence-corrected chi connectivity index (χ4v) is 2.61. The number of hydrogen-bond acceptors (Lipinski definition) is 6. The fraction of sp³-hybridized carbons (Fsp3) is 0.600. The summed E-state index contributed by atoms with van der Waals surface area (Å²) in [5.41, 5.74) is 0.352. The van der Waals surface area contributed by atoms with Crippen molar-refractivity contribution in [2.75, 3.05) is 46.3 Å². The summed E-state index contributed by atoms with van der Waals surface area (Å²) in [4.78, 5) is 20.6. The molecule has 1 atom stereocenters. The lowest BCUT2D eigenvalue weighted by molar-refractivity contribution is 0.0596. The standard InChI is InChI=1S/C15H23N3O3/c1-17(2)11-6-5-9-18(10-11)13-8-7-12(15(19)21-4)14(16-13)20-3/h7-8,11H,5-6,9-10H2,1-4H3. The first kappa shape index (κ1) is 15.6. The van der Waals surface area contributed by atoms with Gasteiger partial charge in [0.15, 0.2) is 0 Å². The molecule has 1 unspecified atom stereocenters. The molecule has 0 bridgehead atoms. The molecule has 0 radical (unpaired) electrons. The number of hydrogen-bond donors (Lipinski definition) is 0. The average Bonchev–Trinajstić information content (AvgIpc) is 2.53. The van der Waals surface area contributed by atoms with Gasteiger partial charge in [-0.1, -0.05) is 0 Å². The van der Waals surface area contributed by atoms with Gasteiger partial charge in [0.2, 0.25) is 5.88 Å². The zero-order chi connectivity index (χ0) is 15.4. The van der Waals surface area contributed by atoms with Crippen LogP contribution in [-0.4, -0.2) is 63.3 Å². The Balaban J connectivity index is 2.22. The van der Waals surface area contributed by atoms with Crippen molar-refractivity contribution in [1.29, 1.82) is 0 Å². The van der Waals surface area contributed by atoms with Gasteiger partial charge in [0, 0.05) is 19.1 Å². The van der Waals surface area contributed by atoms with Gasteiger partial charge < -0.3 is 19.3 Å². The molecule has 1 aliphatic rings. The molecule has 1 fully saturated rings. The molecular formula is C15H23N3O3. The van der Waals surface area contributed by atoms with E-state index < -0.39 is 5.97 Å². The number of likely N-dealkylation sites (N-methyl/N-ethyl adjacent to an activating group) is 1. The molecule has 21 heavy (non-hydrogen) atoms. The van der Waals surface area contributed by atoms with E-state index in [-0.39, 0.29) is 0 Å². The van der Waals surface area contributed by atoms with E-state index in [9.17, 15) is 4.79 Å². The van der Waals surface area contributed by atoms with Crippen molar-refractivity contribution in [2.24, 2.45) is 0 Å². The van der Waals surface area contributed by atoms with Crippen LogP contribution in [0.15, 0.2) is 12.1 Å². The van der Waals surface area contributed by atoms with Crippen LogP contribution >= 0.6 is 0 Å². The van der Waals surface area contributed by atoms with Crippen LogP contribution in [-0.2, 0) is 4.74 Å². The summed E-state index contributed by atoms with van der Waals surface area (Å²) in [6.45, 7) is 1.90. The highest BCUT2D eigenvalue weighted by Crippen LogP contribution is 2.25. The number of carbonyl (C=O) groups is 1. The van der Waals surface area contributed by atoms with E-state index in [1.54, 1.807) is 6.07 Å². The van der Waals surface area contributed by atoms with Crippen LogP contribution in [0, 0.1) is 0 Å². The zero-order valence-corrected chi connectivity index (χ0v) is 13.1. The molecule has 6 heteroatoms. The minimum Gasteiger partial charge on any atom is -0.480 e. The van der Waals surface area contributed by atoms with Crippen molar-refractivity contribution in [3.8, 4) is 5.88 Å². The lowest BCUT2D eigenvalue weighted by atomic mass is 10.0. The zero-order valence-electron chi connectivity index (χ0n) is 13.1. The van der Waals surface area contributed by atoms with Gasteiger partial charge in [-0.25, -0.2) is 4.79 Å². The number of esters is 1. The van der Waals surface area contributed by atoms with Gasteiger partial charge in [-0.05, 0) is 39.1 Å². The second-order valence-electron chi connectivity index (χ2n) is 5.42. The number of aromatic nitrogens is 1. The monoisotopic (exact) mass is 293 g/mol. The molecule has 1 aromatic rings. The van der Waals surface area contributed by atoms with Crippen LogP contribution < -0.4 is 9.64 Å². The number of nitrogens with zero attached hydrogens (tertiary/aromatic N) is 3. The van der Waals surface area contributed by atoms with E-state index in [2.05, 4.69) is 28.9 Å². The number of anilines is 1. The number of ether oxygens (including phenoxy) is 2. The third-order valence-corrected chi connectivity index (χ3v) is 3.90. The molecule has 0 aliphatic carbocycles. The molecule has 1 aliphatic heterocycles. The van der Waals surface area contributed by atoms with Gasteiger partial charge in [0.25, 0.3) is 0 Å². The van der Waals surface area contributed by atoms with Gasteiger partial charge >= 0.3 is 5.97 Å². The van der Waals surface area contributed by atoms with E-state index in [1.807, 2.05) is 6.07 Å². The van der Waals surface area contributed by atoms with E-state index >= 15 is 0 Å². The first-order valence-corrected chi connectivity index (χ1v) is 7.11. The first-order chi connectivity index (χ1) is 10.1. The first-order valence-electron chi connectivity index (χ1n) is 7.11. The number of pyridine rings is 1. The van der Waals surface area contributed by atoms with E-state index in [4.69, 9.17) is 9.47 Å². The fourth-order valence-electron chi connectivity index (χ4n) is 2.61. The lowest BCUT2D eigenvalue weighted by Gasteiger charge is -2.36. The van der Waals surface area contributed by atoms with Crippen molar-refractivity contribution >= 4 is 11.8 Å². The maximum atomic E-state index is 11.7. The molecule has 2 heterocycles. The topological polar surface area (TPSA) is 54.9 Å². The SMILES string of the molecule is COC(=O)c1ccc(N2CCCC(N(C)C)C2)nc1OC. The molecule has 116 valence electrons. The molecular weight excluding hydrogens is 270 g/mol. The van der Waals surface area contributed by atoms with E-state index in [0.29, 0.717) is 17.5 Å². The Morgan fingerprint density at radius 3 is 2.76 bits per heavy atom. The van der Waals surface area contributed by atoms with Gasteiger partial charge in [-0.2, -0.15) is 4.98 Å². The molecule has 0 N–H and O–H groups in total. The number of carbonyl (C=O) groups excluding carboxylic acids is 1. The summed E-state index contributed by atoms with van der Waals surface area (Å²) in [5, 5.41) is 0. The predicted octanol–water partition coefficient (Wildman–Crippen LogP) is 1.41. The Labute approximate surface area is 125 Å². The maximum absolute atomic E-state index is 11.7. The quantitative estimate of drug-likeness (QED) is 0.782. The van der Waals surface area contributed by atoms with Gasteiger partial charge in [0.1, 0.15) is 11.4 Å². The summed E-state index contributed by atoms with van der Waals surface area (Å²) >= 11 is 0. The van der Waals surface area contributed by atoms with Gasteiger partial charge in [0.05, 0.1) is 14.2 Å². The molecule has 0 saturated carbocycles. The largest absolute Gasteiger partial charge is 0.480 e. The van der Waals surface area contributed by atoms with Crippen molar-refractivity contribution < 1.29 is 14.3 Å². The maximum Gasteiger partial charge on any atom is 0.343 e. The van der Waals surface area contributed by atoms with E-state index in [0.717, 1.165) is 25.3 Å². The van der Waals surface area contributed by atoms with Crippen LogP contribution in [0.4, 0.5) is 5.82 Å². The van der Waals surface area contributed by atoms with Crippen LogP contribution in [0.25, 0.3) is 0 Å². The summed E-state index contributed by atoms with van der Waals surface area (Å²) in [6, 6.07) is 4.09. The number of piperidine rings is 1. The summed E-state index contributed by atoms with van der Waals surface area (Å²) in [7, 11) is 7.06. The van der Waals surface area contributed by atoms with Crippen molar-refractivity contribution in [1.82, 2.24) is 9.88 Å². The number of rotatable bonds is 4. The molecule has 0 amide bonds. The smallest absolute Gasteiger partial charge is 0.343 e. The molecule has 1 saturated heterocycles. The minimum absolute atomic E-state index is 0.311. The average molecular weight is 293 g/mol. The third-order valence-electron chi connectivity index (χ3n) is 3.90. The van der Waals surface area contributed by atoms with Crippen LogP contribution in [0.2, 0.25) is 0 Å². The Morgan fingerprint density at radius 1 is 1.38 bits per heavy atom. The number of methoxy groups -OCH3 is 2. The molecule has 1 aromatic heterocycles. The van der Waals surface area contributed by atoms with Crippen molar-refractivity contribution in [3.63, 3.8) is 0 Å². The van der Waals surface area contributed by atoms with Crippen LogP contribution in [0.1, 0.15) is 23.2 Å². The van der Waals surface area contributed by atoms with Crippen molar-refractivity contribution in [2.45, 2.75) is 18.9 Å².